The van der Waals surface area contributed by atoms with Gasteiger partial charge in [-0.1, -0.05) is 87.9 Å². The first-order valence-electron chi connectivity index (χ1n) is 15.9. The maximum absolute atomic E-state index is 2.54. The van der Waals surface area contributed by atoms with Crippen LogP contribution in [0.1, 0.15) is 78.5 Å². The summed E-state index contributed by atoms with van der Waals surface area (Å²) in [5, 5.41) is 0. The van der Waals surface area contributed by atoms with Crippen LogP contribution < -0.4 is 9.13 Å². The number of aromatic nitrogens is 4. The van der Waals surface area contributed by atoms with Crippen LogP contribution in [0, 0.1) is 20.8 Å². The van der Waals surface area contributed by atoms with E-state index in [9.17, 15) is 0 Å². The van der Waals surface area contributed by atoms with Crippen molar-refractivity contribution in [2.75, 3.05) is 0 Å². The summed E-state index contributed by atoms with van der Waals surface area (Å²) in [7, 11) is 0. The van der Waals surface area contributed by atoms with E-state index in [0.29, 0.717) is 11.8 Å². The second-order valence-electron chi connectivity index (χ2n) is 13.3. The highest BCUT2D eigenvalue weighted by Gasteiger charge is 2.63. The molecule has 2 aliphatic rings. The lowest BCUT2D eigenvalue weighted by Crippen LogP contribution is -2.70. The molecule has 4 heterocycles. The lowest BCUT2D eigenvalue weighted by Gasteiger charge is -2.21. The maximum Gasteiger partial charge on any atom is 0.308 e. The summed E-state index contributed by atoms with van der Waals surface area (Å²) in [6.45, 7) is 15.9. The molecule has 2 aliphatic heterocycles. The van der Waals surface area contributed by atoms with E-state index in [-0.39, 0.29) is 0 Å². The molecule has 0 aliphatic carbocycles. The van der Waals surface area contributed by atoms with Gasteiger partial charge >= 0.3 is 5.66 Å². The van der Waals surface area contributed by atoms with Gasteiger partial charge in [0.2, 0.25) is 0 Å². The number of hydrogen-bond donors (Lipinski definition) is 0. The van der Waals surface area contributed by atoms with Crippen molar-refractivity contribution in [1.82, 2.24) is 9.13 Å². The Morgan fingerprint density at radius 1 is 0.568 bits per heavy atom. The molecule has 0 N–H and O–H groups in total. The minimum atomic E-state index is -0.536. The maximum atomic E-state index is 2.54. The van der Waals surface area contributed by atoms with E-state index in [1.54, 1.807) is 0 Å². The predicted molar refractivity (Wildman–Crippen MR) is 177 cm³/mol. The average molecular weight is 577 g/mol. The van der Waals surface area contributed by atoms with Gasteiger partial charge < -0.3 is 0 Å². The molecule has 4 aromatic carbocycles. The third-order valence-electron chi connectivity index (χ3n) is 9.89. The van der Waals surface area contributed by atoms with Crippen LogP contribution in [0.5, 0.6) is 0 Å². The summed E-state index contributed by atoms with van der Waals surface area (Å²) in [6, 6.07) is 29.5. The average Bonchev–Trinajstić information content (AvgIpc) is 3.74. The highest BCUT2D eigenvalue weighted by atomic mass is 15.4. The smallest absolute Gasteiger partial charge is 0.195 e. The van der Waals surface area contributed by atoms with E-state index in [0.717, 1.165) is 0 Å². The van der Waals surface area contributed by atoms with Crippen LogP contribution in [-0.4, -0.2) is 9.13 Å². The molecule has 0 bridgehead atoms. The fraction of sp³-hybridized carbons (Fsp3) is 0.250. The van der Waals surface area contributed by atoms with Gasteiger partial charge in [-0.2, -0.15) is 18.3 Å². The number of nitrogens with zero attached hydrogens (tertiary/aromatic N) is 4. The summed E-state index contributed by atoms with van der Waals surface area (Å²) in [5.74, 6) is 3.24. The number of imidazole rings is 2. The van der Waals surface area contributed by atoms with E-state index < -0.39 is 5.66 Å². The Morgan fingerprint density at radius 2 is 1.02 bits per heavy atom. The Hall–Kier alpha value is -4.70. The topological polar surface area (TPSA) is 17.6 Å². The largest absolute Gasteiger partial charge is 0.308 e. The van der Waals surface area contributed by atoms with Gasteiger partial charge in [0.25, 0.3) is 11.6 Å². The van der Waals surface area contributed by atoms with E-state index in [1.807, 2.05) is 0 Å². The number of hydrogen-bond acceptors (Lipinski definition) is 0. The summed E-state index contributed by atoms with van der Waals surface area (Å²) >= 11 is 0. The molecule has 44 heavy (non-hydrogen) atoms. The first-order chi connectivity index (χ1) is 21.2. The van der Waals surface area contributed by atoms with Crippen LogP contribution in [0.25, 0.3) is 34.2 Å². The van der Waals surface area contributed by atoms with E-state index in [1.165, 1.54) is 73.1 Å². The van der Waals surface area contributed by atoms with Gasteiger partial charge in [0.1, 0.15) is 36.2 Å². The van der Waals surface area contributed by atoms with Crippen LogP contribution >= 0.6 is 0 Å². The molecule has 0 fully saturated rings. The molecule has 0 amide bonds. The standard InChI is InChI=1S/C40H40N4/c1-25(2)30-15-12-16-31(26(3)4)37(30)42-20-22-44-39(42)33-14-9-11-18-35(33)40(44)34-17-10-8-13-32(34)38-41(19-21-43(38)40)36-28(6)23-27(5)24-29(36)7/h8-26H,1-7H3/q+2. The van der Waals surface area contributed by atoms with Gasteiger partial charge in [0, 0.05) is 11.1 Å². The Balaban J connectivity index is 1.48. The molecule has 6 aromatic rings. The van der Waals surface area contributed by atoms with E-state index >= 15 is 0 Å². The lowest BCUT2D eigenvalue weighted by molar-refractivity contribution is -0.954. The van der Waals surface area contributed by atoms with Crippen molar-refractivity contribution in [2.45, 2.75) is 66.0 Å². The molecular formula is C40H40N4+2. The number of rotatable bonds is 4. The fourth-order valence-corrected chi connectivity index (χ4v) is 8.27. The highest BCUT2D eigenvalue weighted by molar-refractivity contribution is 5.74. The zero-order chi connectivity index (χ0) is 30.5. The molecule has 0 radical (unpaired) electrons. The predicted octanol–water partition coefficient (Wildman–Crippen LogP) is 8.27. The molecule has 1 spiro atoms. The van der Waals surface area contributed by atoms with Crippen molar-refractivity contribution in [3.8, 4) is 34.2 Å². The summed E-state index contributed by atoms with van der Waals surface area (Å²) < 4.78 is 9.95. The second kappa shape index (κ2) is 9.40. The van der Waals surface area contributed by atoms with Gasteiger partial charge in [-0.3, -0.25) is 0 Å². The molecular weight excluding hydrogens is 536 g/mol. The fourth-order valence-electron chi connectivity index (χ4n) is 8.27. The van der Waals surface area contributed by atoms with Gasteiger partial charge in [-0.05, 0) is 68.0 Å². The Bertz CT molecular complexity index is 2070. The number of benzene rings is 4. The Labute approximate surface area is 260 Å². The third-order valence-corrected chi connectivity index (χ3v) is 9.89. The molecule has 4 nitrogen and oxygen atoms in total. The van der Waals surface area contributed by atoms with Crippen molar-refractivity contribution in [3.63, 3.8) is 0 Å². The summed E-state index contributed by atoms with van der Waals surface area (Å²) in [4.78, 5) is 0. The van der Waals surface area contributed by atoms with Crippen molar-refractivity contribution in [2.24, 2.45) is 0 Å². The zero-order valence-electron chi connectivity index (χ0n) is 26.8. The van der Waals surface area contributed by atoms with Gasteiger partial charge in [-0.15, -0.1) is 0 Å². The first-order valence-corrected chi connectivity index (χ1v) is 15.9. The molecule has 1 atom stereocenters. The monoisotopic (exact) mass is 576 g/mol. The zero-order valence-corrected chi connectivity index (χ0v) is 26.8. The van der Waals surface area contributed by atoms with Crippen molar-refractivity contribution in [3.05, 3.63) is 143 Å². The van der Waals surface area contributed by atoms with Crippen LogP contribution in [-0.2, 0) is 5.66 Å². The molecule has 218 valence electrons. The molecule has 2 aromatic heterocycles. The van der Waals surface area contributed by atoms with Crippen LogP contribution in [0.15, 0.2) is 104 Å². The summed E-state index contributed by atoms with van der Waals surface area (Å²) in [5.41, 5.74) is 13.8. The minimum absolute atomic E-state index is 0.403. The number of para-hydroxylation sites is 1. The molecule has 0 saturated carbocycles. The van der Waals surface area contributed by atoms with Crippen LogP contribution in [0.3, 0.4) is 0 Å². The molecule has 1 unspecified atom stereocenters. The van der Waals surface area contributed by atoms with Crippen LogP contribution in [0.4, 0.5) is 0 Å². The highest BCUT2D eigenvalue weighted by Crippen LogP contribution is 2.48. The second-order valence-corrected chi connectivity index (χ2v) is 13.3. The number of aryl methyl sites for hydroxylation is 3. The van der Waals surface area contributed by atoms with E-state index in [2.05, 4.69) is 170 Å². The van der Waals surface area contributed by atoms with E-state index in [4.69, 9.17) is 0 Å². The van der Waals surface area contributed by atoms with Gasteiger partial charge in [0.15, 0.2) is 0 Å². The Kier molecular flexibility index (Phi) is 5.74. The van der Waals surface area contributed by atoms with Gasteiger partial charge in [0.05, 0.1) is 22.3 Å². The SMILES string of the molecule is Cc1cc(C)c(-n2cc[n+]3c2-c2ccccc2C32c3ccccc3-c3n(-c4c(C(C)C)cccc4C(C)C)cc[n+]32)c(C)c1. The van der Waals surface area contributed by atoms with Gasteiger partial charge in [-0.25, -0.2) is 0 Å². The van der Waals surface area contributed by atoms with Crippen molar-refractivity contribution >= 4 is 0 Å². The minimum Gasteiger partial charge on any atom is -0.195 e. The quantitative estimate of drug-likeness (QED) is 0.188. The third kappa shape index (κ3) is 3.34. The van der Waals surface area contributed by atoms with Crippen molar-refractivity contribution in [1.29, 1.82) is 0 Å². The van der Waals surface area contributed by atoms with Crippen molar-refractivity contribution < 1.29 is 9.13 Å². The molecule has 0 saturated heterocycles. The first kappa shape index (κ1) is 26.9. The Morgan fingerprint density at radius 3 is 1.50 bits per heavy atom. The molecule has 8 rings (SSSR count). The summed E-state index contributed by atoms with van der Waals surface area (Å²) in [6.07, 6.45) is 9.17. The lowest BCUT2D eigenvalue weighted by atomic mass is 9.90. The number of fused-ring (bicyclic) bond motifs is 10. The van der Waals surface area contributed by atoms with Crippen LogP contribution in [0.2, 0.25) is 0 Å². The molecule has 4 heteroatoms. The normalized spacial score (nSPS) is 16.1.